The van der Waals surface area contributed by atoms with Crippen LogP contribution in [-0.2, 0) is 5.54 Å². The fourth-order valence-electron chi connectivity index (χ4n) is 6.30. The van der Waals surface area contributed by atoms with E-state index >= 15 is 0 Å². The van der Waals surface area contributed by atoms with E-state index in [9.17, 15) is 0 Å². The van der Waals surface area contributed by atoms with E-state index in [1.165, 1.54) is 10.9 Å². The van der Waals surface area contributed by atoms with Gasteiger partial charge >= 0.3 is 0 Å². The van der Waals surface area contributed by atoms with Crippen molar-refractivity contribution in [3.05, 3.63) is 146 Å². The SMILES string of the molecule is CC(C)(C)n1[cH+]n(-c2cccc(Oc3ccc4c5ccccc5n(-c5cc(-c6ccccc6)ccn5)c4c3)c2)c2ccccc21. The Balaban J connectivity index is 1.22. The molecule has 0 spiro atoms. The number of aromatic nitrogens is 4. The number of imidazole rings is 1. The number of rotatable bonds is 5. The smallest absolute Gasteiger partial charge is 0.191 e. The minimum Gasteiger partial charge on any atom is -0.456 e. The summed E-state index contributed by atoms with van der Waals surface area (Å²) in [5.74, 6) is 2.41. The van der Waals surface area contributed by atoms with Crippen LogP contribution in [-0.4, -0.2) is 18.7 Å². The number of nitrogens with zero attached hydrogens (tertiary/aromatic N) is 4. The summed E-state index contributed by atoms with van der Waals surface area (Å²) in [6, 6.07) is 46.3. The quantitative estimate of drug-likeness (QED) is 0.188. The second-order valence-corrected chi connectivity index (χ2v) is 12.4. The molecule has 3 aromatic heterocycles. The maximum absolute atomic E-state index is 6.56. The van der Waals surface area contributed by atoms with Gasteiger partial charge in [-0.15, -0.1) is 0 Å². The molecule has 5 nitrogen and oxygen atoms in total. The number of benzene rings is 5. The highest BCUT2D eigenvalue weighted by Crippen LogP contribution is 2.36. The Bertz CT molecular complexity index is 2340. The first-order chi connectivity index (χ1) is 21.9. The van der Waals surface area contributed by atoms with Crippen molar-refractivity contribution >= 4 is 32.8 Å². The monoisotopic (exact) mass is 585 g/mol. The van der Waals surface area contributed by atoms with Gasteiger partial charge in [0.15, 0.2) is 17.4 Å². The molecule has 0 fully saturated rings. The van der Waals surface area contributed by atoms with E-state index in [2.05, 4.69) is 162 Å². The summed E-state index contributed by atoms with van der Waals surface area (Å²) < 4.78 is 13.4. The van der Waals surface area contributed by atoms with Gasteiger partial charge in [0.1, 0.15) is 23.0 Å². The molecule has 0 aliphatic heterocycles. The van der Waals surface area contributed by atoms with Gasteiger partial charge in [-0.25, -0.2) is 9.55 Å². The van der Waals surface area contributed by atoms with Gasteiger partial charge in [0.25, 0.3) is 0 Å². The first kappa shape index (κ1) is 26.9. The summed E-state index contributed by atoms with van der Waals surface area (Å²) in [6.45, 7) is 6.69. The highest BCUT2D eigenvalue weighted by Gasteiger charge is 2.24. The molecule has 45 heavy (non-hydrogen) atoms. The lowest BCUT2D eigenvalue weighted by Gasteiger charge is -2.17. The molecule has 0 amide bonds. The lowest BCUT2D eigenvalue weighted by atomic mass is 10.1. The average molecular weight is 586 g/mol. The summed E-state index contributed by atoms with van der Waals surface area (Å²) >= 11 is 0. The van der Waals surface area contributed by atoms with Gasteiger partial charge in [0, 0.05) is 47.3 Å². The molecule has 3 heterocycles. The Morgan fingerprint density at radius 1 is 0.578 bits per heavy atom. The molecule has 0 saturated carbocycles. The highest BCUT2D eigenvalue weighted by molar-refractivity contribution is 6.09. The summed E-state index contributed by atoms with van der Waals surface area (Å²) in [5, 5.41) is 2.34. The molecule has 0 N–H and O–H groups in total. The molecule has 0 aliphatic rings. The molecule has 0 aliphatic carbocycles. The standard InChI is InChI=1S/C40H33N4O/c1-40(2,3)43-27-42(36-18-9-10-19-37(36)43)30-14-11-15-31(25-30)45-32-20-21-34-33-16-7-8-17-35(33)44(38(34)26-32)39-24-29(22-23-41-39)28-12-5-4-6-13-28/h4-27H,1-3H3/q+1. The maximum atomic E-state index is 6.56. The molecule has 0 radical (unpaired) electrons. The number of fused-ring (bicyclic) bond motifs is 4. The van der Waals surface area contributed by atoms with E-state index in [1.54, 1.807) is 0 Å². The Morgan fingerprint density at radius 3 is 2.11 bits per heavy atom. The van der Waals surface area contributed by atoms with E-state index < -0.39 is 0 Å². The van der Waals surface area contributed by atoms with Crippen LogP contribution in [0.5, 0.6) is 11.5 Å². The molecule has 0 unspecified atom stereocenters. The van der Waals surface area contributed by atoms with E-state index in [0.717, 1.165) is 56.1 Å². The van der Waals surface area contributed by atoms with Crippen molar-refractivity contribution in [2.24, 2.45) is 0 Å². The molecular formula is C40H33N4O+. The lowest BCUT2D eigenvalue weighted by molar-refractivity contribution is 0.406. The average Bonchev–Trinajstić information content (AvgIpc) is 3.62. The first-order valence-corrected chi connectivity index (χ1v) is 15.3. The molecule has 8 rings (SSSR count). The van der Waals surface area contributed by atoms with Crippen LogP contribution in [0.15, 0.2) is 146 Å². The van der Waals surface area contributed by atoms with E-state index in [1.807, 2.05) is 18.3 Å². The van der Waals surface area contributed by atoms with Crippen molar-refractivity contribution in [3.8, 4) is 34.1 Å². The number of hydrogen-bond acceptors (Lipinski definition) is 2. The zero-order valence-electron chi connectivity index (χ0n) is 25.6. The third-order valence-electron chi connectivity index (χ3n) is 8.41. The normalized spacial score (nSPS) is 11.9. The van der Waals surface area contributed by atoms with Gasteiger partial charge in [0.05, 0.1) is 16.6 Å². The third-order valence-corrected chi connectivity index (χ3v) is 8.41. The second kappa shape index (κ2) is 10.5. The zero-order chi connectivity index (χ0) is 30.5. The van der Waals surface area contributed by atoms with Crippen molar-refractivity contribution in [1.29, 1.82) is 0 Å². The van der Waals surface area contributed by atoms with Gasteiger partial charge in [-0.05, 0) is 86.5 Å². The van der Waals surface area contributed by atoms with Crippen molar-refractivity contribution in [1.82, 2.24) is 18.7 Å². The first-order valence-electron chi connectivity index (χ1n) is 15.3. The fraction of sp³-hybridized carbons (Fsp3) is 0.100. The van der Waals surface area contributed by atoms with Crippen LogP contribution in [0.25, 0.3) is 55.5 Å². The van der Waals surface area contributed by atoms with E-state index in [0.29, 0.717) is 0 Å². The number of para-hydroxylation sites is 3. The largest absolute Gasteiger partial charge is 0.456 e. The Hall–Kier alpha value is -5.68. The molecule has 218 valence electrons. The second-order valence-electron chi connectivity index (χ2n) is 12.4. The molecule has 5 aromatic carbocycles. The van der Waals surface area contributed by atoms with Crippen molar-refractivity contribution in [2.45, 2.75) is 26.3 Å². The minimum atomic E-state index is -0.0533. The maximum Gasteiger partial charge on any atom is 0.191 e. The molecule has 0 saturated heterocycles. The number of pyridine rings is 1. The Kier molecular flexibility index (Phi) is 6.27. The van der Waals surface area contributed by atoms with Gasteiger partial charge < -0.3 is 4.74 Å². The molecule has 5 heteroatoms. The van der Waals surface area contributed by atoms with Gasteiger partial charge in [-0.2, -0.15) is 4.57 Å². The highest BCUT2D eigenvalue weighted by atomic mass is 16.5. The topological polar surface area (TPSA) is 36.9 Å². The van der Waals surface area contributed by atoms with Gasteiger partial charge in [0.2, 0.25) is 0 Å². The van der Waals surface area contributed by atoms with E-state index in [4.69, 9.17) is 9.72 Å². The molecular weight excluding hydrogens is 552 g/mol. The zero-order valence-corrected chi connectivity index (χ0v) is 25.6. The number of hydrogen-bond donors (Lipinski definition) is 0. The Morgan fingerprint density at radius 2 is 1.29 bits per heavy atom. The third kappa shape index (κ3) is 4.74. The fourth-order valence-corrected chi connectivity index (χ4v) is 6.30. The predicted octanol–water partition coefficient (Wildman–Crippen LogP) is 10.4. The summed E-state index contributed by atoms with van der Waals surface area (Å²) in [7, 11) is 0. The van der Waals surface area contributed by atoms with Crippen LogP contribution in [0.3, 0.4) is 0 Å². The van der Waals surface area contributed by atoms with Crippen LogP contribution in [0, 0.1) is 0 Å². The lowest BCUT2D eigenvalue weighted by Crippen LogP contribution is -2.20. The minimum absolute atomic E-state index is 0.0533. The van der Waals surface area contributed by atoms with Crippen LogP contribution in [0.2, 0.25) is 0 Å². The van der Waals surface area contributed by atoms with Crippen LogP contribution < -0.4 is 4.74 Å². The molecule has 0 bridgehead atoms. The van der Waals surface area contributed by atoms with Crippen molar-refractivity contribution in [2.75, 3.05) is 0 Å². The van der Waals surface area contributed by atoms with Gasteiger partial charge in [-0.1, -0.05) is 48.5 Å². The van der Waals surface area contributed by atoms with Crippen molar-refractivity contribution in [3.63, 3.8) is 0 Å². The van der Waals surface area contributed by atoms with Crippen LogP contribution >= 0.6 is 0 Å². The number of ether oxygens (including phenoxy) is 1. The summed E-state index contributed by atoms with van der Waals surface area (Å²) in [5.41, 5.74) is 7.78. The Labute approximate surface area is 262 Å². The predicted molar refractivity (Wildman–Crippen MR) is 185 cm³/mol. The summed E-state index contributed by atoms with van der Waals surface area (Å²) in [6.07, 6.45) is 4.07. The van der Waals surface area contributed by atoms with Gasteiger partial charge in [-0.3, -0.25) is 4.57 Å². The molecule has 0 atom stereocenters. The summed E-state index contributed by atoms with van der Waals surface area (Å²) in [4.78, 5) is 4.83. The van der Waals surface area contributed by atoms with Crippen molar-refractivity contribution < 1.29 is 4.74 Å². The van der Waals surface area contributed by atoms with E-state index in [-0.39, 0.29) is 5.54 Å². The molecule has 8 aromatic rings. The van der Waals surface area contributed by atoms with Crippen LogP contribution in [0.1, 0.15) is 20.8 Å². The van der Waals surface area contributed by atoms with Crippen LogP contribution in [0.4, 0.5) is 0 Å².